The number of aromatic nitrogens is 2. The van der Waals surface area contributed by atoms with Crippen molar-refractivity contribution in [1.82, 2.24) is 41.0 Å². The summed E-state index contributed by atoms with van der Waals surface area (Å²) in [4.78, 5) is 123. The number of amides is 7. The fourth-order valence-electron chi connectivity index (χ4n) is 10.2. The van der Waals surface area contributed by atoms with Gasteiger partial charge in [0.05, 0.1) is 48.6 Å². The Balaban J connectivity index is 0.844. The molecule has 1 aliphatic carbocycles. The van der Waals surface area contributed by atoms with Gasteiger partial charge in [-0.2, -0.15) is 0 Å². The number of hydrogen-bond acceptors (Lipinski definition) is 12. The predicted molar refractivity (Wildman–Crippen MR) is 258 cm³/mol. The monoisotopic (exact) mass is 990 g/mol. The third-order valence-electron chi connectivity index (χ3n) is 14.2. The zero-order chi connectivity index (χ0) is 51.4. The van der Waals surface area contributed by atoms with Gasteiger partial charge in [-0.25, -0.2) is 14.2 Å². The highest BCUT2D eigenvalue weighted by atomic mass is 19.1. The van der Waals surface area contributed by atoms with E-state index in [4.69, 9.17) is 14.5 Å². The Labute approximate surface area is 414 Å². The Morgan fingerprint density at radius 3 is 2.33 bits per heavy atom. The van der Waals surface area contributed by atoms with E-state index in [1.807, 2.05) is 0 Å². The molecule has 8 rings (SSSR count). The van der Waals surface area contributed by atoms with Crippen LogP contribution in [0.15, 0.2) is 47.3 Å². The Morgan fingerprint density at radius 2 is 1.60 bits per heavy atom. The molecule has 19 nitrogen and oxygen atoms in total. The topological polar surface area (TPSA) is 253 Å². The van der Waals surface area contributed by atoms with Crippen molar-refractivity contribution in [3.05, 3.63) is 97.6 Å². The molecule has 20 heteroatoms. The number of esters is 1. The van der Waals surface area contributed by atoms with E-state index in [-0.39, 0.29) is 90.9 Å². The zero-order valence-corrected chi connectivity index (χ0v) is 40.8. The van der Waals surface area contributed by atoms with Gasteiger partial charge in [0.2, 0.25) is 41.4 Å². The number of pyridine rings is 2. The van der Waals surface area contributed by atoms with Gasteiger partial charge in [-0.05, 0) is 73.3 Å². The fourth-order valence-corrected chi connectivity index (χ4v) is 10.2. The van der Waals surface area contributed by atoms with Crippen LogP contribution >= 0.6 is 0 Å². The number of cyclic esters (lactones) is 1. The van der Waals surface area contributed by atoms with E-state index in [0.29, 0.717) is 53.8 Å². The van der Waals surface area contributed by atoms with E-state index >= 15 is 4.39 Å². The molecule has 380 valence electrons. The molecule has 1 unspecified atom stereocenters. The summed E-state index contributed by atoms with van der Waals surface area (Å²) in [5, 5.41) is 13.5. The van der Waals surface area contributed by atoms with Crippen molar-refractivity contribution < 1.29 is 52.2 Å². The molecule has 1 fully saturated rings. The number of ether oxygens (including phenoxy) is 2. The van der Waals surface area contributed by atoms with E-state index in [2.05, 4.69) is 33.5 Å². The largest absolute Gasteiger partial charge is 0.458 e. The lowest BCUT2D eigenvalue weighted by Crippen LogP contribution is -2.52. The van der Waals surface area contributed by atoms with Gasteiger partial charge in [0, 0.05) is 54.3 Å². The molecule has 72 heavy (non-hydrogen) atoms. The summed E-state index contributed by atoms with van der Waals surface area (Å²) in [7, 11) is 0. The number of aryl methyl sites for hydroxylation is 1. The van der Waals surface area contributed by atoms with Crippen LogP contribution in [-0.4, -0.2) is 101 Å². The number of nitrogens with zero attached hydrogens (tertiary/aromatic N) is 3. The van der Waals surface area contributed by atoms with Crippen molar-refractivity contribution in [3.63, 3.8) is 0 Å². The van der Waals surface area contributed by atoms with Gasteiger partial charge in [-0.15, -0.1) is 0 Å². The predicted octanol–water partition coefficient (Wildman–Crippen LogP) is 2.71. The van der Waals surface area contributed by atoms with Crippen LogP contribution in [0, 0.1) is 18.7 Å². The second-order valence-electron chi connectivity index (χ2n) is 19.0. The van der Waals surface area contributed by atoms with Gasteiger partial charge in [0.15, 0.2) is 5.60 Å². The Kier molecular flexibility index (Phi) is 15.3. The van der Waals surface area contributed by atoms with Crippen LogP contribution in [-0.2, 0) is 79.4 Å². The lowest BCUT2D eigenvalue weighted by Gasteiger charge is -2.36. The standard InChI is InChI=1S/C52H59FN8O11/c1-5-52(35-20-39-47-33(25-61(39)50(69)34(35)26-71-51(52)70)45-28(2)15-16-32-30(4)36(53)21-37(59-47)46(32)45)72-27-57-42(64)23-56-48(67)38(19-31-12-8-6-9-13-31)58-43(65)24-55-41(63)22-54-40(62)14-10-7-11-17-60-44(66)18-29(3)49(60)68/h6,8-9,12-13,20-21,28-29,38H,5,7,10-11,14-19,22-27H2,1-4H3,(H,54,62)(H,55,63)(H,56,67)(H,57,64)(H,58,65)/t28-,29?,38-,52-/m0/s1. The number of fused-ring (bicyclic) bond motifs is 5. The van der Waals surface area contributed by atoms with Crippen molar-refractivity contribution in [3.8, 4) is 11.4 Å². The smallest absolute Gasteiger partial charge is 0.343 e. The molecule has 1 saturated heterocycles. The summed E-state index contributed by atoms with van der Waals surface area (Å²) in [6, 6.07) is 10.8. The highest BCUT2D eigenvalue weighted by Crippen LogP contribution is 2.47. The Morgan fingerprint density at radius 1 is 0.875 bits per heavy atom. The summed E-state index contributed by atoms with van der Waals surface area (Å²) in [5.41, 5.74) is 3.96. The van der Waals surface area contributed by atoms with Crippen molar-refractivity contribution >= 4 is 58.2 Å². The van der Waals surface area contributed by atoms with E-state index < -0.39 is 67.6 Å². The number of hydrogen-bond donors (Lipinski definition) is 5. The van der Waals surface area contributed by atoms with Crippen molar-refractivity contribution in [2.75, 3.05) is 32.9 Å². The first kappa shape index (κ1) is 51.0. The maximum atomic E-state index is 15.2. The molecule has 5 N–H and O–H groups in total. The number of imide groups is 1. The molecule has 3 aliphatic heterocycles. The minimum atomic E-state index is -1.80. The number of unbranched alkanes of at least 4 members (excludes halogenated alkanes) is 2. The van der Waals surface area contributed by atoms with Gasteiger partial charge < -0.3 is 40.6 Å². The lowest BCUT2D eigenvalue weighted by molar-refractivity contribution is -0.182. The molecule has 4 aliphatic rings. The van der Waals surface area contributed by atoms with Crippen LogP contribution in [0.4, 0.5) is 4.39 Å². The average Bonchev–Trinajstić information content (AvgIpc) is 3.85. The van der Waals surface area contributed by atoms with Crippen LogP contribution < -0.4 is 32.1 Å². The van der Waals surface area contributed by atoms with Gasteiger partial charge >= 0.3 is 5.97 Å². The Bertz CT molecular complexity index is 2940. The second-order valence-corrected chi connectivity index (χ2v) is 19.0. The SMILES string of the molecule is CC[C@@]1(OCNC(=O)CNC(=O)[C@H](Cc2ccccc2)NC(=O)CNC(=O)CNC(=O)CCCCCN2C(=O)CC(C)C2=O)C(=O)OCc2c1cc1n(c2=O)Cc2c-1nc1cc(F)c(C)c3c1c2[C@@H](C)CC3. The minimum absolute atomic E-state index is 0.0220. The number of carbonyl (C=O) groups excluding carboxylic acids is 8. The van der Waals surface area contributed by atoms with E-state index in [0.717, 1.165) is 34.9 Å². The number of carbonyl (C=O) groups is 8. The van der Waals surface area contributed by atoms with Gasteiger partial charge in [0.25, 0.3) is 5.56 Å². The molecular formula is C52H59FN8O11. The van der Waals surface area contributed by atoms with Gasteiger partial charge in [-0.3, -0.25) is 43.3 Å². The molecule has 0 radical (unpaired) electrons. The van der Waals surface area contributed by atoms with E-state index in [1.165, 1.54) is 11.0 Å². The zero-order valence-electron chi connectivity index (χ0n) is 40.8. The van der Waals surface area contributed by atoms with Gasteiger partial charge in [0.1, 0.15) is 25.2 Å². The molecular weight excluding hydrogens is 932 g/mol. The molecule has 2 aromatic carbocycles. The van der Waals surface area contributed by atoms with Crippen LogP contribution in [0.2, 0.25) is 0 Å². The summed E-state index contributed by atoms with van der Waals surface area (Å²) in [5.74, 6) is -4.81. The number of benzene rings is 2. The minimum Gasteiger partial charge on any atom is -0.458 e. The van der Waals surface area contributed by atoms with Crippen LogP contribution in [0.3, 0.4) is 0 Å². The normalized spacial score (nSPS) is 19.0. The molecule has 2 aromatic heterocycles. The molecule has 4 atom stereocenters. The maximum Gasteiger partial charge on any atom is 0.343 e. The molecule has 0 bridgehead atoms. The highest BCUT2D eigenvalue weighted by molar-refractivity contribution is 6.03. The van der Waals surface area contributed by atoms with E-state index in [9.17, 15) is 43.2 Å². The highest BCUT2D eigenvalue weighted by Gasteiger charge is 2.49. The second kappa shape index (κ2) is 21.6. The number of nitrogens with one attached hydrogen (secondary N) is 5. The van der Waals surface area contributed by atoms with Crippen LogP contribution in [0.1, 0.15) is 111 Å². The first-order valence-corrected chi connectivity index (χ1v) is 24.5. The third kappa shape index (κ3) is 10.4. The van der Waals surface area contributed by atoms with Crippen molar-refractivity contribution in [1.29, 1.82) is 0 Å². The lowest BCUT2D eigenvalue weighted by atomic mass is 9.79. The molecule has 4 aromatic rings. The maximum absolute atomic E-state index is 15.2. The number of halogens is 1. The summed E-state index contributed by atoms with van der Waals surface area (Å²) >= 11 is 0. The summed E-state index contributed by atoms with van der Waals surface area (Å²) in [6.07, 6.45) is 3.56. The molecule has 0 saturated carbocycles. The van der Waals surface area contributed by atoms with E-state index in [1.54, 1.807) is 61.7 Å². The third-order valence-corrected chi connectivity index (χ3v) is 14.2. The van der Waals surface area contributed by atoms with Crippen LogP contribution in [0.5, 0.6) is 0 Å². The molecule has 5 heterocycles. The Hall–Kier alpha value is -7.35. The first-order chi connectivity index (χ1) is 34.5. The quantitative estimate of drug-likeness (QED) is 0.0327. The average molecular weight is 991 g/mol. The van der Waals surface area contributed by atoms with Gasteiger partial charge in [-0.1, -0.05) is 57.5 Å². The summed E-state index contributed by atoms with van der Waals surface area (Å²) < 4.78 is 28.5. The number of likely N-dealkylation sites (tertiary alicyclic amines) is 1. The van der Waals surface area contributed by atoms with Crippen molar-refractivity contribution in [2.24, 2.45) is 5.92 Å². The first-order valence-electron chi connectivity index (χ1n) is 24.5. The van der Waals surface area contributed by atoms with Crippen molar-refractivity contribution in [2.45, 2.75) is 116 Å². The number of rotatable bonds is 20. The van der Waals surface area contributed by atoms with Crippen LogP contribution in [0.25, 0.3) is 22.3 Å². The fraction of sp³-hybridized carbons (Fsp3) is 0.462. The summed E-state index contributed by atoms with van der Waals surface area (Å²) in [6.45, 7) is 5.58. The molecule has 0 spiro atoms. The molecule has 7 amide bonds.